The second-order valence-electron chi connectivity index (χ2n) is 19.1. The smallest absolute Gasteiger partial charge is 0.410 e. The molecule has 0 aromatic heterocycles. The zero-order chi connectivity index (χ0) is 35.5. The molecule has 7 fully saturated rings. The lowest BCUT2D eigenvalue weighted by Gasteiger charge is -2.63. The molecule has 49 heavy (non-hydrogen) atoms. The Morgan fingerprint density at radius 2 is 1.63 bits per heavy atom. The molecule has 0 aromatic rings. The van der Waals surface area contributed by atoms with Gasteiger partial charge in [0.2, 0.25) is 0 Å². The predicted molar refractivity (Wildman–Crippen MR) is 184 cm³/mol. The number of ether oxygens (including phenoxy) is 3. The van der Waals surface area contributed by atoms with Crippen LogP contribution in [0.15, 0.2) is 0 Å². The molecule has 10 nitrogen and oxygen atoms in total. The van der Waals surface area contributed by atoms with Crippen molar-refractivity contribution < 1.29 is 39.1 Å². The van der Waals surface area contributed by atoms with E-state index in [1.807, 2.05) is 11.8 Å². The summed E-state index contributed by atoms with van der Waals surface area (Å²) in [5.74, 6) is 0.641. The van der Waals surface area contributed by atoms with Crippen LogP contribution in [0.4, 0.5) is 4.79 Å². The van der Waals surface area contributed by atoms with E-state index in [-0.39, 0.29) is 63.9 Å². The van der Waals surface area contributed by atoms with E-state index in [1.165, 1.54) is 12.8 Å². The summed E-state index contributed by atoms with van der Waals surface area (Å²) in [5.41, 5.74) is -1.09. The lowest BCUT2D eigenvalue weighted by atomic mass is 9.41. The fourth-order valence-corrected chi connectivity index (χ4v) is 14.1. The van der Waals surface area contributed by atoms with Crippen molar-refractivity contribution >= 4 is 12.1 Å². The minimum Gasteiger partial charge on any atom is -0.480 e. The van der Waals surface area contributed by atoms with Gasteiger partial charge in [-0.2, -0.15) is 0 Å². The van der Waals surface area contributed by atoms with E-state index in [1.54, 1.807) is 18.7 Å². The Bertz CT molecular complexity index is 1310. The molecule has 2 heterocycles. The van der Waals surface area contributed by atoms with Gasteiger partial charge in [0.25, 0.3) is 0 Å². The molecule has 3 N–H and O–H groups in total. The number of amides is 1. The molecule has 2 spiro atoms. The summed E-state index contributed by atoms with van der Waals surface area (Å²) >= 11 is 0. The first kappa shape index (κ1) is 35.9. The number of piperazine rings is 1. The number of hydrogen-bond acceptors (Lipinski definition) is 8. The molecular weight excluding hydrogens is 624 g/mol. The number of nitrogens with zero attached hydrogens (tertiary/aromatic N) is 2. The van der Waals surface area contributed by atoms with Crippen molar-refractivity contribution in [1.29, 1.82) is 0 Å². The van der Waals surface area contributed by atoms with Crippen molar-refractivity contribution in [3.05, 3.63) is 0 Å². The van der Waals surface area contributed by atoms with E-state index in [9.17, 15) is 19.8 Å². The quantitative estimate of drug-likeness (QED) is 0.331. The lowest BCUT2D eigenvalue weighted by molar-refractivity contribution is -0.215. The summed E-state index contributed by atoms with van der Waals surface area (Å²) in [6.07, 6.45) is 6.45. The number of carbonyl (C=O) groups excluding carboxylic acids is 1. The number of carboxylic acids is 1. The molecule has 0 radical (unpaired) electrons. The summed E-state index contributed by atoms with van der Waals surface area (Å²) in [5, 5.41) is 32.8. The average Bonchev–Trinajstić information content (AvgIpc) is 3.65. The van der Waals surface area contributed by atoms with E-state index in [0.717, 1.165) is 38.5 Å². The minimum absolute atomic E-state index is 0.00456. The second-order valence-corrected chi connectivity index (χ2v) is 19.1. The molecule has 2 saturated heterocycles. The normalized spacial score (nSPS) is 47.9. The van der Waals surface area contributed by atoms with Crippen LogP contribution in [0, 0.1) is 50.7 Å². The van der Waals surface area contributed by atoms with Crippen LogP contribution in [0.3, 0.4) is 0 Å². The van der Waals surface area contributed by atoms with E-state index in [4.69, 9.17) is 19.3 Å². The number of hydrogen-bond donors (Lipinski definition) is 3. The van der Waals surface area contributed by atoms with Gasteiger partial charge in [-0.1, -0.05) is 34.6 Å². The summed E-state index contributed by atoms with van der Waals surface area (Å²) in [4.78, 5) is 28.2. The van der Waals surface area contributed by atoms with E-state index in [2.05, 4.69) is 34.6 Å². The Morgan fingerprint density at radius 3 is 2.27 bits per heavy atom. The number of carbonyl (C=O) groups is 2. The summed E-state index contributed by atoms with van der Waals surface area (Å²) in [6, 6.07) is 0. The Hall–Kier alpha value is -1.46. The maximum absolute atomic E-state index is 13.4. The molecule has 0 unspecified atom stereocenters. The zero-order valence-electron chi connectivity index (χ0n) is 31.4. The van der Waals surface area contributed by atoms with E-state index >= 15 is 0 Å². The number of carboxylic acid groups (broad SMARTS) is 1. The van der Waals surface area contributed by atoms with Crippen LogP contribution in [0.1, 0.15) is 107 Å². The highest BCUT2D eigenvalue weighted by Crippen LogP contribution is 2.89. The first-order chi connectivity index (χ1) is 22.9. The SMILES string of the molecule is CCO[C@@H]([C@H]1C[C@@H](C)[C@H]2[C@H](O1)[C@H](O)[C@@]1(C)[C@@H]3CC[C@H]4C(C)(C)[C@@H](OC(=O)N5CCN(CC(=O)O)CC5)CC[C@@]45C[C@@]35CC[C@]21C)C(C)(C)O. The monoisotopic (exact) mass is 688 g/mol. The van der Waals surface area contributed by atoms with Gasteiger partial charge in [-0.05, 0) is 112 Å². The molecule has 0 aromatic carbocycles. The standard InChI is InChI=1S/C39H64N2O8/c1-9-47-32(35(5,6)46)24-20-23(2)29-30(48-24)31(44)37(8)26-11-10-25-34(3,4)27(12-13-38(25)22-39(26,38)15-14-36(29,37)7)49-33(45)41-18-16-40(17-19-41)21-28(42)43/h23-27,29-32,44,46H,9-22H2,1-8H3,(H,42,43)/t23-,24-,25+,26+,27+,29+,30+,31+,32+,36-,37-,38-,39+/m1/s1. The van der Waals surface area contributed by atoms with Gasteiger partial charge in [-0.15, -0.1) is 0 Å². The number of aliphatic hydroxyl groups excluding tert-OH is 1. The summed E-state index contributed by atoms with van der Waals surface area (Å²) in [6.45, 7) is 20.0. The molecule has 2 aliphatic heterocycles. The van der Waals surface area contributed by atoms with Crippen molar-refractivity contribution in [2.75, 3.05) is 39.3 Å². The van der Waals surface area contributed by atoms with Crippen molar-refractivity contribution in [1.82, 2.24) is 9.80 Å². The van der Waals surface area contributed by atoms with Crippen LogP contribution in [0.5, 0.6) is 0 Å². The van der Waals surface area contributed by atoms with Crippen molar-refractivity contribution in [3.63, 3.8) is 0 Å². The van der Waals surface area contributed by atoms with Gasteiger partial charge in [0.15, 0.2) is 0 Å². The molecule has 7 rings (SSSR count). The van der Waals surface area contributed by atoms with E-state index in [0.29, 0.717) is 50.5 Å². The Morgan fingerprint density at radius 1 is 0.980 bits per heavy atom. The van der Waals surface area contributed by atoms with Gasteiger partial charge in [-0.25, -0.2) is 4.79 Å². The fraction of sp³-hybridized carbons (Fsp3) is 0.949. The lowest BCUT2D eigenvalue weighted by Crippen LogP contribution is -2.60. The molecule has 278 valence electrons. The predicted octanol–water partition coefficient (Wildman–Crippen LogP) is 5.18. The number of aliphatic carboxylic acids is 1. The van der Waals surface area contributed by atoms with Crippen LogP contribution in [-0.2, 0) is 19.0 Å². The van der Waals surface area contributed by atoms with Gasteiger partial charge in [0, 0.05) is 43.6 Å². The molecule has 7 aliphatic rings. The van der Waals surface area contributed by atoms with Crippen LogP contribution < -0.4 is 0 Å². The van der Waals surface area contributed by atoms with Gasteiger partial charge in [-0.3, -0.25) is 9.69 Å². The molecule has 1 amide bonds. The topological polar surface area (TPSA) is 129 Å². The van der Waals surface area contributed by atoms with Gasteiger partial charge < -0.3 is 34.4 Å². The first-order valence-corrected chi connectivity index (χ1v) is 19.4. The van der Waals surface area contributed by atoms with E-state index < -0.39 is 23.8 Å². The number of fused-ring (bicyclic) bond motifs is 4. The molecule has 0 bridgehead atoms. The Balaban J connectivity index is 1.09. The average molecular weight is 689 g/mol. The summed E-state index contributed by atoms with van der Waals surface area (Å²) in [7, 11) is 0. The van der Waals surface area contributed by atoms with Crippen LogP contribution in [0.2, 0.25) is 0 Å². The molecule has 10 heteroatoms. The van der Waals surface area contributed by atoms with Crippen molar-refractivity contribution in [3.8, 4) is 0 Å². The minimum atomic E-state index is -1.04. The number of rotatable bonds is 7. The van der Waals surface area contributed by atoms with Gasteiger partial charge >= 0.3 is 12.1 Å². The fourth-order valence-electron chi connectivity index (χ4n) is 14.1. The van der Waals surface area contributed by atoms with Gasteiger partial charge in [0.1, 0.15) is 12.2 Å². The number of aliphatic hydroxyl groups is 2. The second kappa shape index (κ2) is 11.8. The first-order valence-electron chi connectivity index (χ1n) is 19.4. The highest BCUT2D eigenvalue weighted by Gasteiger charge is 2.84. The third-order valence-corrected chi connectivity index (χ3v) is 16.4. The van der Waals surface area contributed by atoms with Crippen molar-refractivity contribution in [2.24, 2.45) is 50.7 Å². The Labute approximate surface area is 293 Å². The largest absolute Gasteiger partial charge is 0.480 e. The highest BCUT2D eigenvalue weighted by atomic mass is 16.6. The van der Waals surface area contributed by atoms with Crippen molar-refractivity contribution in [2.45, 2.75) is 143 Å². The van der Waals surface area contributed by atoms with Gasteiger partial charge in [0.05, 0.1) is 30.5 Å². The third kappa shape index (κ3) is 5.03. The van der Waals surface area contributed by atoms with Crippen LogP contribution in [-0.4, -0.2) is 113 Å². The maximum Gasteiger partial charge on any atom is 0.410 e. The molecule has 5 aliphatic carbocycles. The van der Waals surface area contributed by atoms with Crippen LogP contribution >= 0.6 is 0 Å². The summed E-state index contributed by atoms with van der Waals surface area (Å²) < 4.78 is 19.4. The molecular formula is C39H64N2O8. The third-order valence-electron chi connectivity index (χ3n) is 16.4. The maximum atomic E-state index is 13.4. The Kier molecular flexibility index (Phi) is 8.63. The molecule has 5 saturated carbocycles. The zero-order valence-corrected chi connectivity index (χ0v) is 31.4. The molecule has 13 atom stereocenters. The highest BCUT2D eigenvalue weighted by molar-refractivity contribution is 5.70. The van der Waals surface area contributed by atoms with Crippen LogP contribution in [0.25, 0.3) is 0 Å².